The van der Waals surface area contributed by atoms with Gasteiger partial charge in [-0.1, -0.05) is 30.3 Å². The molecule has 0 bridgehead atoms. The highest BCUT2D eigenvalue weighted by atomic mass is 15.2. The minimum Gasteiger partial charge on any atom is -0.314 e. The summed E-state index contributed by atoms with van der Waals surface area (Å²) >= 11 is 0. The molecule has 20 heavy (non-hydrogen) atoms. The Labute approximate surface area is 123 Å². The molecule has 1 aromatic carbocycles. The number of piperidine rings is 1. The van der Waals surface area contributed by atoms with Crippen molar-refractivity contribution in [2.75, 3.05) is 46.3 Å². The normalized spacial score (nSPS) is 29.4. The molecule has 2 unspecified atom stereocenters. The van der Waals surface area contributed by atoms with E-state index in [1.807, 2.05) is 0 Å². The molecule has 2 atom stereocenters. The smallest absolute Gasteiger partial charge is 0.0473 e. The largest absolute Gasteiger partial charge is 0.314 e. The van der Waals surface area contributed by atoms with Gasteiger partial charge in [0.2, 0.25) is 0 Å². The molecule has 2 saturated heterocycles. The van der Waals surface area contributed by atoms with Crippen LogP contribution < -0.4 is 5.32 Å². The predicted molar refractivity (Wildman–Crippen MR) is 83.8 cm³/mol. The van der Waals surface area contributed by atoms with Crippen LogP contribution in [0.2, 0.25) is 0 Å². The fourth-order valence-corrected chi connectivity index (χ4v) is 3.72. The van der Waals surface area contributed by atoms with Crippen molar-refractivity contribution < 1.29 is 0 Å². The molecule has 110 valence electrons. The maximum absolute atomic E-state index is 3.56. The zero-order valence-electron chi connectivity index (χ0n) is 12.6. The first-order chi connectivity index (χ1) is 9.83. The molecule has 3 heteroatoms. The van der Waals surface area contributed by atoms with E-state index in [1.54, 1.807) is 0 Å². The van der Waals surface area contributed by atoms with E-state index < -0.39 is 0 Å². The Balaban J connectivity index is 1.66. The molecule has 2 aliphatic rings. The van der Waals surface area contributed by atoms with Crippen LogP contribution in [0.25, 0.3) is 0 Å². The lowest BCUT2D eigenvalue weighted by Crippen LogP contribution is -2.49. The number of nitrogens with zero attached hydrogens (tertiary/aromatic N) is 2. The highest BCUT2D eigenvalue weighted by molar-refractivity contribution is 5.20. The average molecular weight is 273 g/mol. The van der Waals surface area contributed by atoms with E-state index in [2.05, 4.69) is 52.5 Å². The molecule has 1 N–H and O–H groups in total. The molecule has 2 fully saturated rings. The van der Waals surface area contributed by atoms with Gasteiger partial charge in [-0.05, 0) is 37.9 Å². The van der Waals surface area contributed by atoms with E-state index in [4.69, 9.17) is 0 Å². The molecule has 0 aromatic heterocycles. The third-order valence-electron chi connectivity index (χ3n) is 4.75. The van der Waals surface area contributed by atoms with Gasteiger partial charge in [0.1, 0.15) is 0 Å². The number of hydrogen-bond donors (Lipinski definition) is 1. The van der Waals surface area contributed by atoms with Crippen LogP contribution in [0.4, 0.5) is 0 Å². The molecule has 0 radical (unpaired) electrons. The zero-order valence-corrected chi connectivity index (χ0v) is 12.6. The lowest BCUT2D eigenvalue weighted by molar-refractivity contribution is 0.103. The lowest BCUT2D eigenvalue weighted by Gasteiger charge is -2.40. The predicted octanol–water partition coefficient (Wildman–Crippen LogP) is 1.97. The standard InChI is InChI=1S/C17H27N3/c1-19-10-5-6-15(13-19)14-20-11-9-18-12-17(20)16-7-3-2-4-8-16/h2-4,7-8,15,17-18H,5-6,9-14H2,1H3. The Morgan fingerprint density at radius 3 is 2.85 bits per heavy atom. The van der Waals surface area contributed by atoms with E-state index in [0.29, 0.717) is 6.04 Å². The van der Waals surface area contributed by atoms with E-state index >= 15 is 0 Å². The number of benzene rings is 1. The van der Waals surface area contributed by atoms with Crippen LogP contribution in [0.15, 0.2) is 30.3 Å². The zero-order chi connectivity index (χ0) is 13.8. The Hall–Kier alpha value is -0.900. The molecule has 0 amide bonds. The first-order valence-electron chi connectivity index (χ1n) is 8.01. The number of likely N-dealkylation sites (tertiary alicyclic amines) is 1. The maximum Gasteiger partial charge on any atom is 0.0473 e. The second-order valence-electron chi connectivity index (χ2n) is 6.40. The number of rotatable bonds is 3. The summed E-state index contributed by atoms with van der Waals surface area (Å²) in [5, 5.41) is 3.56. The minimum absolute atomic E-state index is 0.553. The molecule has 3 rings (SSSR count). The average Bonchev–Trinajstić information content (AvgIpc) is 2.49. The molecular formula is C17H27N3. The van der Waals surface area contributed by atoms with Crippen molar-refractivity contribution >= 4 is 0 Å². The topological polar surface area (TPSA) is 18.5 Å². The molecule has 3 nitrogen and oxygen atoms in total. The maximum atomic E-state index is 3.56. The highest BCUT2D eigenvalue weighted by Crippen LogP contribution is 2.25. The quantitative estimate of drug-likeness (QED) is 0.908. The van der Waals surface area contributed by atoms with Crippen LogP contribution in [-0.2, 0) is 0 Å². The molecule has 0 saturated carbocycles. The van der Waals surface area contributed by atoms with Gasteiger partial charge in [0.15, 0.2) is 0 Å². The number of hydrogen-bond acceptors (Lipinski definition) is 3. The third kappa shape index (κ3) is 3.40. The second kappa shape index (κ2) is 6.70. The van der Waals surface area contributed by atoms with E-state index in [-0.39, 0.29) is 0 Å². The fraction of sp³-hybridized carbons (Fsp3) is 0.647. The summed E-state index contributed by atoms with van der Waals surface area (Å²) in [6, 6.07) is 11.5. The van der Waals surface area contributed by atoms with Crippen LogP contribution in [0, 0.1) is 5.92 Å². The van der Waals surface area contributed by atoms with Crippen molar-refractivity contribution in [3.05, 3.63) is 35.9 Å². The molecule has 2 heterocycles. The van der Waals surface area contributed by atoms with Crippen molar-refractivity contribution in [1.82, 2.24) is 15.1 Å². The van der Waals surface area contributed by atoms with Gasteiger partial charge in [-0.15, -0.1) is 0 Å². The van der Waals surface area contributed by atoms with Crippen molar-refractivity contribution in [3.8, 4) is 0 Å². The van der Waals surface area contributed by atoms with Crippen LogP contribution in [0.3, 0.4) is 0 Å². The Morgan fingerprint density at radius 1 is 1.20 bits per heavy atom. The van der Waals surface area contributed by atoms with Gasteiger partial charge < -0.3 is 10.2 Å². The molecular weight excluding hydrogens is 246 g/mol. The SMILES string of the molecule is CN1CCCC(CN2CCNCC2c2ccccc2)C1. The monoisotopic (exact) mass is 273 g/mol. The van der Waals surface area contributed by atoms with Gasteiger partial charge in [0, 0.05) is 38.8 Å². The third-order valence-corrected chi connectivity index (χ3v) is 4.75. The number of nitrogens with one attached hydrogen (secondary N) is 1. The Bertz CT molecular complexity index is 406. The Morgan fingerprint density at radius 2 is 2.05 bits per heavy atom. The summed E-state index contributed by atoms with van der Waals surface area (Å²) in [5.74, 6) is 0.845. The van der Waals surface area contributed by atoms with Crippen LogP contribution in [0.1, 0.15) is 24.4 Å². The molecule has 2 aliphatic heterocycles. The number of piperazine rings is 1. The van der Waals surface area contributed by atoms with E-state index in [1.165, 1.54) is 44.6 Å². The fourth-order valence-electron chi connectivity index (χ4n) is 3.72. The van der Waals surface area contributed by atoms with Crippen molar-refractivity contribution in [2.24, 2.45) is 5.92 Å². The summed E-state index contributed by atoms with van der Waals surface area (Å²) < 4.78 is 0. The van der Waals surface area contributed by atoms with Gasteiger partial charge in [-0.2, -0.15) is 0 Å². The van der Waals surface area contributed by atoms with E-state index in [9.17, 15) is 0 Å². The summed E-state index contributed by atoms with van der Waals surface area (Å²) in [6.07, 6.45) is 2.76. The van der Waals surface area contributed by atoms with Gasteiger partial charge in [-0.3, -0.25) is 4.90 Å². The van der Waals surface area contributed by atoms with Crippen molar-refractivity contribution in [3.63, 3.8) is 0 Å². The first-order valence-corrected chi connectivity index (χ1v) is 8.01. The second-order valence-corrected chi connectivity index (χ2v) is 6.40. The summed E-state index contributed by atoms with van der Waals surface area (Å²) in [5.41, 5.74) is 1.46. The summed E-state index contributed by atoms with van der Waals surface area (Å²) in [4.78, 5) is 5.20. The molecule has 0 spiro atoms. The van der Waals surface area contributed by atoms with Crippen LogP contribution in [0.5, 0.6) is 0 Å². The molecule has 1 aromatic rings. The minimum atomic E-state index is 0.553. The van der Waals surface area contributed by atoms with Gasteiger partial charge in [-0.25, -0.2) is 0 Å². The Kier molecular flexibility index (Phi) is 4.71. The molecule has 0 aliphatic carbocycles. The summed E-state index contributed by atoms with van der Waals surface area (Å²) in [7, 11) is 2.26. The van der Waals surface area contributed by atoms with Gasteiger partial charge >= 0.3 is 0 Å². The van der Waals surface area contributed by atoms with Crippen molar-refractivity contribution in [1.29, 1.82) is 0 Å². The van der Waals surface area contributed by atoms with Crippen LogP contribution in [-0.4, -0.2) is 56.1 Å². The van der Waals surface area contributed by atoms with Crippen molar-refractivity contribution in [2.45, 2.75) is 18.9 Å². The first kappa shape index (κ1) is 14.1. The van der Waals surface area contributed by atoms with Gasteiger partial charge in [0.05, 0.1) is 0 Å². The van der Waals surface area contributed by atoms with E-state index in [0.717, 1.165) is 19.0 Å². The van der Waals surface area contributed by atoms with Gasteiger partial charge in [0.25, 0.3) is 0 Å². The highest BCUT2D eigenvalue weighted by Gasteiger charge is 2.27. The van der Waals surface area contributed by atoms with Crippen LogP contribution >= 0.6 is 0 Å². The summed E-state index contributed by atoms with van der Waals surface area (Å²) in [6.45, 7) is 7.20. The lowest BCUT2D eigenvalue weighted by atomic mass is 9.95.